The van der Waals surface area contributed by atoms with Gasteiger partial charge in [0.25, 0.3) is 0 Å². The topological polar surface area (TPSA) is 116 Å². The number of esters is 1. The van der Waals surface area contributed by atoms with E-state index in [1.165, 1.54) is 4.91 Å². The van der Waals surface area contributed by atoms with Crippen LogP contribution in [0.3, 0.4) is 0 Å². The first-order chi connectivity index (χ1) is 17.8. The molecule has 0 aromatic heterocycles. The summed E-state index contributed by atoms with van der Waals surface area (Å²) < 4.78 is 5.62. The van der Waals surface area contributed by atoms with Crippen molar-refractivity contribution in [2.24, 2.45) is 5.92 Å². The van der Waals surface area contributed by atoms with Gasteiger partial charge < -0.3 is 20.8 Å². The second kappa shape index (κ2) is 21.4. The molecule has 0 spiro atoms. The Balaban J connectivity index is -0.00000456. The smallest absolute Gasteiger partial charge is 0.334 e. The summed E-state index contributed by atoms with van der Waals surface area (Å²) in [6.07, 6.45) is 15.5. The van der Waals surface area contributed by atoms with Crippen LogP contribution >= 0.6 is 23.5 Å². The molecule has 0 bridgehead atoms. The summed E-state index contributed by atoms with van der Waals surface area (Å²) >= 11 is 3.44. The predicted octanol–water partition coefficient (Wildman–Crippen LogP) is 5.71. The number of hydrogen-bond donors (Lipinski definition) is 2. The van der Waals surface area contributed by atoms with Crippen molar-refractivity contribution >= 4 is 41.8 Å². The highest BCUT2D eigenvalue weighted by Crippen LogP contribution is 2.24. The van der Waals surface area contributed by atoms with Crippen LogP contribution in [0.5, 0.6) is 5.75 Å². The van der Waals surface area contributed by atoms with Gasteiger partial charge in [-0.1, -0.05) is 57.2 Å². The van der Waals surface area contributed by atoms with Gasteiger partial charge in [0, 0.05) is 13.5 Å². The van der Waals surface area contributed by atoms with Crippen molar-refractivity contribution in [2.45, 2.75) is 71.2 Å². The van der Waals surface area contributed by atoms with Crippen LogP contribution < -0.4 is 15.4 Å². The van der Waals surface area contributed by atoms with Gasteiger partial charge in [0.15, 0.2) is 0 Å². The molecular formula is C29H48N2O5S2. The second-order valence-electron chi connectivity index (χ2n) is 8.92. The third kappa shape index (κ3) is 15.1. The summed E-state index contributed by atoms with van der Waals surface area (Å²) in [7, 11) is 0. The Kier molecular flexibility index (Phi) is 20.0. The van der Waals surface area contributed by atoms with Crippen LogP contribution in [0.2, 0.25) is 0 Å². The summed E-state index contributed by atoms with van der Waals surface area (Å²) in [4.78, 5) is 38.0. The molecule has 0 aliphatic heterocycles. The fourth-order valence-electron chi connectivity index (χ4n) is 3.41. The quantitative estimate of drug-likeness (QED) is 0.0771. The summed E-state index contributed by atoms with van der Waals surface area (Å²) in [6, 6.07) is 5.97. The molecule has 7 nitrogen and oxygen atoms in total. The molecule has 0 heterocycles. The number of allylic oxidation sites excluding steroid dienone is 5. The number of ether oxygens (including phenoxy) is 1. The van der Waals surface area contributed by atoms with Gasteiger partial charge >= 0.3 is 5.97 Å². The summed E-state index contributed by atoms with van der Waals surface area (Å²) in [5, 5.41) is 5.36. The van der Waals surface area contributed by atoms with Crippen LogP contribution in [0.1, 0.15) is 61.8 Å². The van der Waals surface area contributed by atoms with Gasteiger partial charge in [0.05, 0.1) is 0 Å². The predicted molar refractivity (Wildman–Crippen MR) is 166 cm³/mol. The molecule has 0 fully saturated rings. The van der Waals surface area contributed by atoms with E-state index in [4.69, 9.17) is 4.74 Å². The molecule has 2 amide bonds. The Bertz CT molecular complexity index is 926. The number of hydrogen-bond acceptors (Lipinski definition) is 6. The minimum absolute atomic E-state index is 0. The van der Waals surface area contributed by atoms with Crippen LogP contribution in [-0.2, 0) is 20.1 Å². The van der Waals surface area contributed by atoms with Crippen molar-refractivity contribution < 1.29 is 27.4 Å². The monoisotopic (exact) mass is 568 g/mol. The molecule has 0 unspecified atom stereocenters. The van der Waals surface area contributed by atoms with Gasteiger partial charge in [-0.2, -0.15) is 11.8 Å². The standard InChI is InChI=1S/C29H42N2O4S2.H2O.2H2/c1-6-8-9-12-25(11-7-2)37-20-23-14-16-24(17-15-23)35-29(34)27(19-22(3)4)31-28(33)26(30-21-32)13-10-18-36-5;;;/h6,8-9,11-12,14-17,21-22,26-27H,7,10,13,18-20H2,1-5H3,(H,30,32)(H,31,33);1H2;2*1H/b8-6-,12-9-,25-11-;;;/t26-,27-;;;/m0.../s1. The van der Waals surface area contributed by atoms with Crippen LogP contribution in [0.4, 0.5) is 0 Å². The fraction of sp³-hybridized carbons (Fsp3) is 0.483. The van der Waals surface area contributed by atoms with E-state index in [1.54, 1.807) is 35.7 Å². The Morgan fingerprint density at radius 3 is 2.42 bits per heavy atom. The summed E-state index contributed by atoms with van der Waals surface area (Å²) in [6.45, 7) is 8.07. The molecule has 38 heavy (non-hydrogen) atoms. The molecule has 2 atom stereocenters. The lowest BCUT2D eigenvalue weighted by Crippen LogP contribution is -2.51. The Morgan fingerprint density at radius 2 is 1.84 bits per heavy atom. The Hall–Kier alpha value is -2.49. The second-order valence-corrected chi connectivity index (χ2v) is 11.0. The molecule has 1 aromatic carbocycles. The zero-order valence-corrected chi connectivity index (χ0v) is 24.8. The first-order valence-corrected chi connectivity index (χ1v) is 15.1. The van der Waals surface area contributed by atoms with Gasteiger partial charge in [-0.25, -0.2) is 4.79 Å². The number of nitrogens with one attached hydrogen (secondary N) is 2. The summed E-state index contributed by atoms with van der Waals surface area (Å²) in [5.74, 6) is 1.40. The lowest BCUT2D eigenvalue weighted by atomic mass is 10.0. The van der Waals surface area contributed by atoms with Crippen molar-refractivity contribution in [1.82, 2.24) is 10.6 Å². The van der Waals surface area contributed by atoms with Gasteiger partial charge in [0.2, 0.25) is 12.3 Å². The SMILES string of the molecule is C\C=C/C=C\C(=C\CC)SCc1ccc(OC(=O)[C@H](CC(C)C)NC(=O)[C@H](CCCSC)NC=O)cc1.O.[HH].[HH]. The van der Waals surface area contributed by atoms with E-state index in [2.05, 4.69) is 29.7 Å². The van der Waals surface area contributed by atoms with E-state index in [9.17, 15) is 14.4 Å². The summed E-state index contributed by atoms with van der Waals surface area (Å²) in [5.41, 5.74) is 1.12. The van der Waals surface area contributed by atoms with E-state index >= 15 is 0 Å². The number of carbonyl (C=O) groups is 3. The highest BCUT2D eigenvalue weighted by Gasteiger charge is 2.27. The first kappa shape index (κ1) is 35.5. The van der Waals surface area contributed by atoms with Crippen molar-refractivity contribution in [3.63, 3.8) is 0 Å². The third-order valence-corrected chi connectivity index (χ3v) is 7.06. The molecule has 0 saturated carbocycles. The largest absolute Gasteiger partial charge is 0.425 e. The van der Waals surface area contributed by atoms with E-state index in [1.807, 2.05) is 57.4 Å². The zero-order valence-electron chi connectivity index (χ0n) is 23.2. The van der Waals surface area contributed by atoms with E-state index < -0.39 is 18.1 Å². The van der Waals surface area contributed by atoms with Gasteiger partial charge in [0.1, 0.15) is 17.8 Å². The van der Waals surface area contributed by atoms with Crippen LogP contribution in [0.25, 0.3) is 0 Å². The normalized spacial score (nSPS) is 13.3. The van der Waals surface area contributed by atoms with E-state index in [-0.39, 0.29) is 20.2 Å². The molecule has 0 radical (unpaired) electrons. The van der Waals surface area contributed by atoms with Crippen molar-refractivity contribution in [3.8, 4) is 5.75 Å². The van der Waals surface area contributed by atoms with Crippen LogP contribution in [0.15, 0.2) is 59.6 Å². The van der Waals surface area contributed by atoms with Crippen molar-refractivity contribution in [2.75, 3.05) is 12.0 Å². The van der Waals surface area contributed by atoms with Gasteiger partial charge in [-0.3, -0.25) is 9.59 Å². The minimum Gasteiger partial charge on any atom is -0.425 e. The highest BCUT2D eigenvalue weighted by atomic mass is 32.2. The highest BCUT2D eigenvalue weighted by molar-refractivity contribution is 8.02. The number of thioether (sulfide) groups is 2. The molecule has 4 N–H and O–H groups in total. The average molecular weight is 569 g/mol. The number of benzene rings is 1. The molecule has 1 rings (SSSR count). The maximum absolute atomic E-state index is 13.0. The Morgan fingerprint density at radius 1 is 1.13 bits per heavy atom. The molecule has 1 aromatic rings. The Labute approximate surface area is 239 Å². The lowest BCUT2D eigenvalue weighted by molar-refractivity contribution is -0.140. The van der Waals surface area contributed by atoms with Crippen LogP contribution in [-0.4, -0.2) is 47.9 Å². The minimum atomic E-state index is -0.801. The maximum Gasteiger partial charge on any atom is 0.334 e. The molecule has 9 heteroatoms. The first-order valence-electron chi connectivity index (χ1n) is 12.8. The van der Waals surface area contributed by atoms with Crippen molar-refractivity contribution in [3.05, 3.63) is 65.1 Å². The van der Waals surface area contributed by atoms with Gasteiger partial charge in [-0.15, -0.1) is 11.8 Å². The number of carbonyl (C=O) groups excluding carboxylic acids is 3. The molecule has 0 aliphatic carbocycles. The third-order valence-electron chi connectivity index (χ3n) is 5.25. The van der Waals surface area contributed by atoms with E-state index in [0.29, 0.717) is 25.0 Å². The van der Waals surface area contributed by atoms with Gasteiger partial charge in [-0.05, 0) is 74.3 Å². The van der Waals surface area contributed by atoms with E-state index in [0.717, 1.165) is 29.9 Å². The zero-order chi connectivity index (χ0) is 27.5. The fourth-order valence-corrected chi connectivity index (χ4v) is 4.85. The lowest BCUT2D eigenvalue weighted by Gasteiger charge is -2.22. The molecule has 0 saturated heterocycles. The maximum atomic E-state index is 13.0. The number of rotatable bonds is 18. The molecule has 216 valence electrons. The number of amides is 2. The average Bonchev–Trinajstić information content (AvgIpc) is 2.87. The molecular weight excluding hydrogens is 520 g/mol. The molecule has 0 aliphatic rings. The van der Waals surface area contributed by atoms with Crippen LogP contribution in [0, 0.1) is 5.92 Å². The van der Waals surface area contributed by atoms with Crippen molar-refractivity contribution in [1.29, 1.82) is 0 Å².